The molecule has 0 bridgehead atoms. The minimum absolute atomic E-state index is 0.0678. The fourth-order valence-electron chi connectivity index (χ4n) is 2.68. The van der Waals surface area contributed by atoms with Crippen molar-refractivity contribution in [3.8, 4) is 0 Å². The van der Waals surface area contributed by atoms with Gasteiger partial charge in [-0.25, -0.2) is 9.59 Å². The van der Waals surface area contributed by atoms with Gasteiger partial charge in [0.25, 0.3) is 0 Å². The predicted octanol–water partition coefficient (Wildman–Crippen LogP) is 2.39. The quantitative estimate of drug-likeness (QED) is 0.473. The van der Waals surface area contributed by atoms with E-state index >= 15 is 0 Å². The number of nitrogens with zero attached hydrogens (tertiary/aromatic N) is 1. The Hall–Kier alpha value is -1.40. The number of aliphatic carboxylic acids is 2. The molecule has 0 spiro atoms. The highest BCUT2D eigenvalue weighted by Crippen LogP contribution is 2.22. The number of rotatable bonds is 10. The molecule has 2 N–H and O–H groups in total. The first-order valence-corrected chi connectivity index (χ1v) is 8.44. The van der Waals surface area contributed by atoms with Crippen molar-refractivity contribution >= 4 is 11.9 Å². The number of hydrogen-bond donors (Lipinski definition) is 2. The van der Waals surface area contributed by atoms with E-state index in [0.29, 0.717) is 19.3 Å². The third-order valence-electron chi connectivity index (χ3n) is 4.38. The molecule has 0 saturated carbocycles. The Morgan fingerprint density at radius 1 is 1.09 bits per heavy atom. The maximum absolute atomic E-state index is 11.5. The van der Waals surface area contributed by atoms with Crippen LogP contribution in [0, 0.1) is 5.92 Å². The Morgan fingerprint density at radius 3 is 2.22 bits per heavy atom. The summed E-state index contributed by atoms with van der Waals surface area (Å²) in [6, 6.07) is 0. The summed E-state index contributed by atoms with van der Waals surface area (Å²) in [5.74, 6) is -2.03. The van der Waals surface area contributed by atoms with Crippen LogP contribution in [0.1, 0.15) is 46.0 Å². The van der Waals surface area contributed by atoms with E-state index in [4.69, 9.17) is 4.74 Å². The molecule has 0 aliphatic carbocycles. The Balaban J connectivity index is 2.58. The van der Waals surface area contributed by atoms with Crippen LogP contribution in [0.25, 0.3) is 0 Å². The zero-order chi connectivity index (χ0) is 17.2. The molecule has 6 heteroatoms. The lowest BCUT2D eigenvalue weighted by molar-refractivity contribution is -0.136. The molecule has 1 fully saturated rings. The van der Waals surface area contributed by atoms with Crippen molar-refractivity contribution < 1.29 is 24.5 Å². The van der Waals surface area contributed by atoms with E-state index in [1.807, 2.05) is 13.8 Å². The second-order valence-corrected chi connectivity index (χ2v) is 6.20. The molecule has 6 nitrogen and oxygen atoms in total. The Bertz CT molecular complexity index is 427. The van der Waals surface area contributed by atoms with E-state index in [9.17, 15) is 19.8 Å². The van der Waals surface area contributed by atoms with Crippen LogP contribution in [-0.2, 0) is 14.3 Å². The summed E-state index contributed by atoms with van der Waals surface area (Å²) in [4.78, 5) is 25.2. The Labute approximate surface area is 138 Å². The lowest BCUT2D eigenvalue weighted by Gasteiger charge is -2.26. The van der Waals surface area contributed by atoms with Gasteiger partial charge in [-0.15, -0.1) is 0 Å². The molecular weight excluding hydrogens is 298 g/mol. The standard InChI is InChI=1S/C17H29NO5/c1-3-13(2)12-15(17(21)22)14(16(19)20)6-4-5-7-18-8-10-23-11-9-18/h13H,3-12H2,1-2H3,(H,19,20)(H,21,22). The van der Waals surface area contributed by atoms with Crippen molar-refractivity contribution in [1.29, 1.82) is 0 Å². The average molecular weight is 327 g/mol. The normalized spacial score (nSPS) is 18.3. The van der Waals surface area contributed by atoms with Gasteiger partial charge in [0, 0.05) is 24.2 Å². The highest BCUT2D eigenvalue weighted by molar-refractivity contribution is 5.98. The zero-order valence-corrected chi connectivity index (χ0v) is 14.2. The summed E-state index contributed by atoms with van der Waals surface area (Å²) in [7, 11) is 0. The largest absolute Gasteiger partial charge is 0.478 e. The van der Waals surface area contributed by atoms with Gasteiger partial charge in [0.2, 0.25) is 0 Å². The Kier molecular flexibility index (Phi) is 8.87. The van der Waals surface area contributed by atoms with Gasteiger partial charge in [-0.05, 0) is 38.1 Å². The number of morpholine rings is 1. The second kappa shape index (κ2) is 10.4. The van der Waals surface area contributed by atoms with Crippen LogP contribution in [0.4, 0.5) is 0 Å². The van der Waals surface area contributed by atoms with Crippen LogP contribution in [0.3, 0.4) is 0 Å². The minimum atomic E-state index is -1.10. The number of ether oxygens (including phenoxy) is 1. The van der Waals surface area contributed by atoms with E-state index in [-0.39, 0.29) is 17.1 Å². The van der Waals surface area contributed by atoms with E-state index in [1.165, 1.54) is 0 Å². The van der Waals surface area contributed by atoms with Gasteiger partial charge < -0.3 is 14.9 Å². The van der Waals surface area contributed by atoms with Crippen molar-refractivity contribution in [3.05, 3.63) is 11.1 Å². The van der Waals surface area contributed by atoms with Gasteiger partial charge in [-0.3, -0.25) is 4.90 Å². The van der Waals surface area contributed by atoms with Crippen LogP contribution in [-0.4, -0.2) is 59.9 Å². The molecule has 1 heterocycles. The van der Waals surface area contributed by atoms with Gasteiger partial charge in [-0.1, -0.05) is 20.3 Å². The maximum atomic E-state index is 11.5. The first-order valence-electron chi connectivity index (χ1n) is 8.44. The van der Waals surface area contributed by atoms with E-state index in [0.717, 1.165) is 45.7 Å². The summed E-state index contributed by atoms with van der Waals surface area (Å²) in [5.41, 5.74) is 0.137. The molecule has 1 saturated heterocycles. The lowest BCUT2D eigenvalue weighted by Crippen LogP contribution is -2.36. The molecule has 0 aromatic heterocycles. The molecule has 132 valence electrons. The third kappa shape index (κ3) is 7.14. The molecule has 0 amide bonds. The van der Waals surface area contributed by atoms with Crippen LogP contribution in [0.15, 0.2) is 11.1 Å². The van der Waals surface area contributed by atoms with Crippen LogP contribution < -0.4 is 0 Å². The molecule has 1 atom stereocenters. The first kappa shape index (κ1) is 19.6. The highest BCUT2D eigenvalue weighted by atomic mass is 16.5. The van der Waals surface area contributed by atoms with Gasteiger partial charge in [0.05, 0.1) is 13.2 Å². The number of unbranched alkanes of at least 4 members (excludes halogenated alkanes) is 1. The van der Waals surface area contributed by atoms with Crippen molar-refractivity contribution in [1.82, 2.24) is 4.90 Å². The van der Waals surface area contributed by atoms with Gasteiger partial charge >= 0.3 is 11.9 Å². The molecule has 1 aliphatic rings. The SMILES string of the molecule is CCC(C)CC(C(=O)O)=C(CCCCN1CCOCC1)C(=O)O. The van der Waals surface area contributed by atoms with Crippen molar-refractivity contribution in [2.75, 3.05) is 32.8 Å². The molecule has 0 aromatic carbocycles. The third-order valence-corrected chi connectivity index (χ3v) is 4.38. The van der Waals surface area contributed by atoms with Crippen molar-refractivity contribution in [2.24, 2.45) is 5.92 Å². The van der Waals surface area contributed by atoms with Crippen LogP contribution >= 0.6 is 0 Å². The molecule has 1 unspecified atom stereocenters. The molecule has 0 aromatic rings. The lowest BCUT2D eigenvalue weighted by atomic mass is 9.93. The number of carbonyl (C=O) groups is 2. The molecule has 1 aliphatic heterocycles. The zero-order valence-electron chi connectivity index (χ0n) is 14.2. The summed E-state index contributed by atoms with van der Waals surface area (Å²) < 4.78 is 5.29. The molecule has 23 heavy (non-hydrogen) atoms. The molecular formula is C17H29NO5. The summed E-state index contributed by atoms with van der Waals surface area (Å²) in [6.45, 7) is 8.15. The van der Waals surface area contributed by atoms with Crippen molar-refractivity contribution in [2.45, 2.75) is 46.0 Å². The average Bonchev–Trinajstić information content (AvgIpc) is 2.53. The van der Waals surface area contributed by atoms with Gasteiger partial charge in [0.1, 0.15) is 0 Å². The fraction of sp³-hybridized carbons (Fsp3) is 0.765. The number of carboxylic acids is 2. The van der Waals surface area contributed by atoms with Gasteiger partial charge in [0.15, 0.2) is 0 Å². The first-order chi connectivity index (χ1) is 11.0. The fourth-order valence-corrected chi connectivity index (χ4v) is 2.68. The van der Waals surface area contributed by atoms with E-state index in [1.54, 1.807) is 0 Å². The monoisotopic (exact) mass is 327 g/mol. The van der Waals surface area contributed by atoms with Gasteiger partial charge in [-0.2, -0.15) is 0 Å². The number of carboxylic acid groups (broad SMARTS) is 2. The summed E-state index contributed by atoms with van der Waals surface area (Å²) in [5, 5.41) is 18.7. The van der Waals surface area contributed by atoms with Crippen LogP contribution in [0.2, 0.25) is 0 Å². The van der Waals surface area contributed by atoms with Crippen LogP contribution in [0.5, 0.6) is 0 Å². The number of hydrogen-bond acceptors (Lipinski definition) is 4. The summed E-state index contributed by atoms with van der Waals surface area (Å²) in [6.07, 6.45) is 3.03. The Morgan fingerprint density at radius 2 is 1.70 bits per heavy atom. The highest BCUT2D eigenvalue weighted by Gasteiger charge is 2.21. The second-order valence-electron chi connectivity index (χ2n) is 6.20. The van der Waals surface area contributed by atoms with Crippen molar-refractivity contribution in [3.63, 3.8) is 0 Å². The minimum Gasteiger partial charge on any atom is -0.478 e. The molecule has 0 radical (unpaired) electrons. The van der Waals surface area contributed by atoms with E-state index < -0.39 is 11.9 Å². The smallest absolute Gasteiger partial charge is 0.332 e. The topological polar surface area (TPSA) is 87.1 Å². The van der Waals surface area contributed by atoms with E-state index in [2.05, 4.69) is 4.90 Å². The summed E-state index contributed by atoms with van der Waals surface area (Å²) >= 11 is 0. The molecule has 1 rings (SSSR count). The predicted molar refractivity (Wildman–Crippen MR) is 87.5 cm³/mol. The maximum Gasteiger partial charge on any atom is 0.332 e.